The number of hydrogen-bond acceptors (Lipinski definition) is 3. The van der Waals surface area contributed by atoms with Crippen LogP contribution >= 0.6 is 0 Å². The lowest BCUT2D eigenvalue weighted by molar-refractivity contribution is -0.160. The van der Waals surface area contributed by atoms with Gasteiger partial charge in [0, 0.05) is 16.8 Å². The molecule has 1 aromatic carbocycles. The van der Waals surface area contributed by atoms with Crippen LogP contribution in [0, 0.1) is 30.6 Å². The highest BCUT2D eigenvalue weighted by molar-refractivity contribution is 5.85. The summed E-state index contributed by atoms with van der Waals surface area (Å²) in [5, 5.41) is 4.38. The summed E-state index contributed by atoms with van der Waals surface area (Å²) < 4.78 is 38.9. The minimum atomic E-state index is -4.27. The molecule has 7 heteroatoms. The van der Waals surface area contributed by atoms with Crippen molar-refractivity contribution in [2.75, 3.05) is 5.32 Å². The Hall–Kier alpha value is -2.57. The fraction of sp³-hybridized carbons (Fsp3) is 0.538. The average Bonchev–Trinajstić information content (AvgIpc) is 2.73. The van der Waals surface area contributed by atoms with Gasteiger partial charge >= 0.3 is 6.18 Å². The minimum absolute atomic E-state index is 0.137. The molecule has 1 aromatic heterocycles. The summed E-state index contributed by atoms with van der Waals surface area (Å²) in [6, 6.07) is 3.83. The second kappa shape index (κ2) is 7.21. The fourth-order valence-corrected chi connectivity index (χ4v) is 7.15. The highest BCUT2D eigenvalue weighted by atomic mass is 19.4. The number of anilines is 1. The number of benzene rings is 1. The lowest BCUT2D eigenvalue weighted by Crippen LogP contribution is -2.54. The molecule has 1 atom stereocenters. The number of H-pyrrole nitrogens is 1. The molecule has 4 nitrogen and oxygen atoms in total. The number of aromatic nitrogens is 2. The number of hydrogen-bond donors (Lipinski definition) is 2. The Morgan fingerprint density at radius 2 is 1.76 bits per heavy atom. The Morgan fingerprint density at radius 1 is 1.09 bits per heavy atom. The SMILES string of the molecule is Cc1cc2c(=O)[nH]c(C3=CCC(C(F)(F)F)C=C3)nc2cc1NC12CC3CC(CC(C3)C1)C2. The van der Waals surface area contributed by atoms with Gasteiger partial charge in [0.2, 0.25) is 0 Å². The lowest BCUT2D eigenvalue weighted by Gasteiger charge is -2.57. The summed E-state index contributed by atoms with van der Waals surface area (Å²) in [5.41, 5.74) is 2.98. The van der Waals surface area contributed by atoms with Crippen molar-refractivity contribution in [3.8, 4) is 0 Å². The smallest absolute Gasteiger partial charge is 0.379 e. The third kappa shape index (κ3) is 3.69. The molecule has 174 valence electrons. The Morgan fingerprint density at radius 3 is 2.33 bits per heavy atom. The number of nitrogens with zero attached hydrogens (tertiary/aromatic N) is 1. The molecule has 1 unspecified atom stereocenters. The predicted molar refractivity (Wildman–Crippen MR) is 123 cm³/mol. The van der Waals surface area contributed by atoms with Gasteiger partial charge in [0.25, 0.3) is 5.56 Å². The predicted octanol–water partition coefficient (Wildman–Crippen LogP) is 6.13. The quantitative estimate of drug-likeness (QED) is 0.585. The van der Waals surface area contributed by atoms with Crippen LogP contribution in [-0.4, -0.2) is 21.7 Å². The Kier molecular flexibility index (Phi) is 4.59. The van der Waals surface area contributed by atoms with E-state index in [9.17, 15) is 18.0 Å². The summed E-state index contributed by atoms with van der Waals surface area (Å²) in [4.78, 5) is 20.2. The van der Waals surface area contributed by atoms with Crippen LogP contribution in [0.2, 0.25) is 0 Å². The highest BCUT2D eigenvalue weighted by Gasteiger charge is 2.51. The average molecular weight is 456 g/mol. The molecule has 4 saturated carbocycles. The van der Waals surface area contributed by atoms with Gasteiger partial charge in [-0.3, -0.25) is 4.79 Å². The van der Waals surface area contributed by atoms with Crippen molar-refractivity contribution in [3.63, 3.8) is 0 Å². The van der Waals surface area contributed by atoms with Crippen molar-refractivity contribution in [1.82, 2.24) is 9.97 Å². The molecular weight excluding hydrogens is 427 g/mol. The van der Waals surface area contributed by atoms with Crippen molar-refractivity contribution >= 4 is 22.2 Å². The number of alkyl halides is 3. The second-order valence-corrected chi connectivity index (χ2v) is 10.8. The van der Waals surface area contributed by atoms with Crippen LogP contribution in [0.5, 0.6) is 0 Å². The molecular formula is C26H28F3N3O. The molecule has 4 fully saturated rings. The number of halogens is 3. The minimum Gasteiger partial charge on any atom is -0.379 e. The van der Waals surface area contributed by atoms with Gasteiger partial charge < -0.3 is 10.3 Å². The maximum atomic E-state index is 13.0. The zero-order valence-electron chi connectivity index (χ0n) is 18.6. The van der Waals surface area contributed by atoms with E-state index >= 15 is 0 Å². The van der Waals surface area contributed by atoms with Gasteiger partial charge in [0.15, 0.2) is 0 Å². The van der Waals surface area contributed by atoms with Crippen molar-refractivity contribution < 1.29 is 13.2 Å². The molecule has 5 aliphatic carbocycles. The molecule has 0 saturated heterocycles. The lowest BCUT2D eigenvalue weighted by atomic mass is 9.53. The molecule has 0 spiro atoms. The van der Waals surface area contributed by atoms with Gasteiger partial charge in [-0.15, -0.1) is 0 Å². The van der Waals surface area contributed by atoms with E-state index in [-0.39, 0.29) is 17.5 Å². The van der Waals surface area contributed by atoms with Crippen molar-refractivity contribution in [1.29, 1.82) is 0 Å². The van der Waals surface area contributed by atoms with E-state index in [1.807, 2.05) is 19.1 Å². The summed E-state index contributed by atoms with van der Waals surface area (Å²) in [7, 11) is 0. The van der Waals surface area contributed by atoms with Crippen LogP contribution in [0.1, 0.15) is 56.3 Å². The first kappa shape index (κ1) is 21.0. The first-order valence-electron chi connectivity index (χ1n) is 12.0. The number of aryl methyl sites for hydroxylation is 1. The Labute approximate surface area is 190 Å². The molecule has 0 amide bonds. The van der Waals surface area contributed by atoms with Crippen LogP contribution in [0.3, 0.4) is 0 Å². The molecule has 4 bridgehead atoms. The number of fused-ring (bicyclic) bond motifs is 1. The standard InChI is InChI=1S/C26H28F3N3O/c1-14-6-20-22(10-21(14)32-25-11-15-7-16(12-25)9-17(8-15)13-25)30-23(31-24(20)33)18-2-4-19(5-3-18)26(27,28)29/h2-4,6,10,15-17,19,32H,5,7-9,11-13H2,1H3,(H,30,31,33). The summed E-state index contributed by atoms with van der Waals surface area (Å²) in [6.07, 6.45) is 7.39. The van der Waals surface area contributed by atoms with E-state index in [0.29, 0.717) is 22.3 Å². The normalized spacial score (nSPS) is 32.9. The highest BCUT2D eigenvalue weighted by Crippen LogP contribution is 2.56. The summed E-state index contributed by atoms with van der Waals surface area (Å²) in [6.45, 7) is 2.01. The van der Waals surface area contributed by atoms with Crippen LogP contribution in [0.25, 0.3) is 16.5 Å². The Balaban J connectivity index is 1.33. The number of aromatic amines is 1. The van der Waals surface area contributed by atoms with Crippen LogP contribution in [0.4, 0.5) is 18.9 Å². The molecule has 33 heavy (non-hydrogen) atoms. The van der Waals surface area contributed by atoms with Gasteiger partial charge in [-0.1, -0.05) is 18.2 Å². The first-order valence-corrected chi connectivity index (χ1v) is 12.0. The molecule has 2 N–H and O–H groups in total. The second-order valence-electron chi connectivity index (χ2n) is 10.8. The maximum absolute atomic E-state index is 13.0. The molecule has 5 aliphatic rings. The van der Waals surface area contributed by atoms with E-state index in [1.54, 1.807) is 0 Å². The van der Waals surface area contributed by atoms with E-state index in [4.69, 9.17) is 0 Å². The third-order valence-electron chi connectivity index (χ3n) is 8.28. The van der Waals surface area contributed by atoms with Crippen LogP contribution < -0.4 is 10.9 Å². The van der Waals surface area contributed by atoms with Crippen molar-refractivity contribution in [2.24, 2.45) is 23.7 Å². The number of allylic oxidation sites excluding steroid dienone is 4. The van der Waals surface area contributed by atoms with E-state index in [2.05, 4.69) is 15.3 Å². The molecule has 0 aliphatic heterocycles. The van der Waals surface area contributed by atoms with Gasteiger partial charge in [0.1, 0.15) is 5.82 Å². The first-order chi connectivity index (χ1) is 15.7. The monoisotopic (exact) mass is 455 g/mol. The van der Waals surface area contributed by atoms with Crippen LogP contribution in [-0.2, 0) is 0 Å². The van der Waals surface area contributed by atoms with E-state index in [1.165, 1.54) is 50.7 Å². The summed E-state index contributed by atoms with van der Waals surface area (Å²) >= 11 is 0. The maximum Gasteiger partial charge on any atom is 0.395 e. The van der Waals surface area contributed by atoms with E-state index < -0.39 is 12.1 Å². The van der Waals surface area contributed by atoms with Crippen molar-refractivity contribution in [3.05, 3.63) is 52.1 Å². The fourth-order valence-electron chi connectivity index (χ4n) is 7.15. The molecule has 2 aromatic rings. The number of nitrogens with one attached hydrogen (secondary N) is 2. The summed E-state index contributed by atoms with van der Waals surface area (Å²) in [5.74, 6) is 1.29. The van der Waals surface area contributed by atoms with E-state index in [0.717, 1.165) is 35.1 Å². The van der Waals surface area contributed by atoms with Gasteiger partial charge in [-0.25, -0.2) is 4.98 Å². The topological polar surface area (TPSA) is 57.8 Å². The van der Waals surface area contributed by atoms with Gasteiger partial charge in [-0.05, 0) is 87.3 Å². The Bertz CT molecular complexity index is 1200. The number of rotatable bonds is 3. The molecule has 7 rings (SSSR count). The van der Waals surface area contributed by atoms with Gasteiger partial charge in [-0.2, -0.15) is 13.2 Å². The van der Waals surface area contributed by atoms with Crippen molar-refractivity contribution in [2.45, 2.75) is 63.6 Å². The van der Waals surface area contributed by atoms with Crippen LogP contribution in [0.15, 0.2) is 35.2 Å². The third-order valence-corrected chi connectivity index (χ3v) is 8.28. The molecule has 0 radical (unpaired) electrons. The molecule has 1 heterocycles. The van der Waals surface area contributed by atoms with Gasteiger partial charge in [0.05, 0.1) is 16.8 Å². The zero-order valence-corrected chi connectivity index (χ0v) is 18.6. The zero-order chi connectivity index (χ0) is 23.0. The largest absolute Gasteiger partial charge is 0.395 e.